The summed E-state index contributed by atoms with van der Waals surface area (Å²) in [6.45, 7) is 4.10. The van der Waals surface area contributed by atoms with Crippen LogP contribution in [0.25, 0.3) is 26.8 Å². The molecule has 0 atom stereocenters. The van der Waals surface area contributed by atoms with E-state index in [2.05, 4.69) is 49.4 Å². The fourth-order valence-corrected chi connectivity index (χ4v) is 5.49. The molecule has 2 aliphatic rings. The van der Waals surface area contributed by atoms with E-state index in [0.717, 1.165) is 64.4 Å². The normalized spacial score (nSPS) is 17.1. The van der Waals surface area contributed by atoms with Crippen molar-refractivity contribution in [2.75, 3.05) is 38.0 Å². The summed E-state index contributed by atoms with van der Waals surface area (Å²) in [5.41, 5.74) is 8.13. The van der Waals surface area contributed by atoms with Gasteiger partial charge in [-0.15, -0.1) is 11.3 Å². The molecular formula is C25H26N6OS. The summed E-state index contributed by atoms with van der Waals surface area (Å²) >= 11 is 1.64. The Bertz CT molecular complexity index is 1350. The maximum Gasteiger partial charge on any atom is 0.237 e. The van der Waals surface area contributed by atoms with Gasteiger partial charge in [0, 0.05) is 36.1 Å². The van der Waals surface area contributed by atoms with Gasteiger partial charge >= 0.3 is 0 Å². The molecule has 33 heavy (non-hydrogen) atoms. The summed E-state index contributed by atoms with van der Waals surface area (Å²) in [7, 11) is 0. The number of aromatic amines is 1. The molecule has 0 saturated carbocycles. The summed E-state index contributed by atoms with van der Waals surface area (Å²) in [5.74, 6) is 0.245. The van der Waals surface area contributed by atoms with Crippen LogP contribution in [0.3, 0.4) is 0 Å². The summed E-state index contributed by atoms with van der Waals surface area (Å²) in [5, 5.41) is 4.60. The van der Waals surface area contributed by atoms with E-state index in [-0.39, 0.29) is 5.91 Å². The van der Waals surface area contributed by atoms with Crippen LogP contribution in [0.2, 0.25) is 0 Å². The monoisotopic (exact) mass is 458 g/mol. The molecule has 0 unspecified atom stereocenters. The number of hydrogen-bond acceptors (Lipinski definition) is 6. The summed E-state index contributed by atoms with van der Waals surface area (Å²) in [4.78, 5) is 29.3. The number of hydrogen-bond donors (Lipinski definition) is 2. The molecule has 1 amide bonds. The van der Waals surface area contributed by atoms with Crippen LogP contribution in [0.15, 0.2) is 48.1 Å². The van der Waals surface area contributed by atoms with E-state index in [1.54, 1.807) is 11.3 Å². The molecule has 7 nitrogen and oxygen atoms in total. The predicted molar refractivity (Wildman–Crippen MR) is 134 cm³/mol. The van der Waals surface area contributed by atoms with Gasteiger partial charge in [0.05, 0.1) is 28.0 Å². The van der Waals surface area contributed by atoms with Crippen molar-refractivity contribution in [2.45, 2.75) is 19.3 Å². The molecule has 0 bridgehead atoms. The van der Waals surface area contributed by atoms with E-state index in [1.807, 2.05) is 28.7 Å². The fraction of sp³-hybridized carbons (Fsp3) is 0.320. The molecule has 2 aliphatic heterocycles. The second-order valence-corrected chi connectivity index (χ2v) is 9.65. The second kappa shape index (κ2) is 8.61. The Hall–Kier alpha value is -3.23. The lowest BCUT2D eigenvalue weighted by Crippen LogP contribution is -2.41. The Kier molecular flexibility index (Phi) is 5.32. The minimum absolute atomic E-state index is 0.245. The number of H-pyrrole nitrogens is 1. The predicted octanol–water partition coefficient (Wildman–Crippen LogP) is 4.63. The zero-order valence-electron chi connectivity index (χ0n) is 18.4. The fourth-order valence-electron chi connectivity index (χ4n) is 4.77. The SMILES string of the molecule is O=C(CN1CCCC1)N1CC=C(c2cc3c(Nc4ccc5ncsc5c4)ccnc3[nH]2)CC1. The highest BCUT2D eigenvalue weighted by atomic mass is 32.1. The van der Waals surface area contributed by atoms with E-state index >= 15 is 0 Å². The van der Waals surface area contributed by atoms with Crippen LogP contribution in [0.4, 0.5) is 11.4 Å². The maximum atomic E-state index is 12.6. The van der Waals surface area contributed by atoms with Gasteiger partial charge in [0.2, 0.25) is 5.91 Å². The van der Waals surface area contributed by atoms with Crippen molar-refractivity contribution in [3.63, 3.8) is 0 Å². The third-order valence-corrected chi connectivity index (χ3v) is 7.40. The van der Waals surface area contributed by atoms with E-state index in [1.165, 1.54) is 18.4 Å². The van der Waals surface area contributed by atoms with Crippen LogP contribution in [0, 0.1) is 0 Å². The Labute approximate surface area is 196 Å². The number of benzene rings is 1. The zero-order valence-corrected chi connectivity index (χ0v) is 19.2. The topological polar surface area (TPSA) is 77.2 Å². The Balaban J connectivity index is 1.20. The van der Waals surface area contributed by atoms with Crippen molar-refractivity contribution in [1.29, 1.82) is 0 Å². The lowest BCUT2D eigenvalue weighted by molar-refractivity contribution is -0.131. The molecule has 0 spiro atoms. The van der Waals surface area contributed by atoms with Gasteiger partial charge in [0.1, 0.15) is 5.65 Å². The van der Waals surface area contributed by atoms with Gasteiger partial charge in [-0.3, -0.25) is 9.69 Å². The number of amides is 1. The van der Waals surface area contributed by atoms with Crippen LogP contribution in [0.1, 0.15) is 25.0 Å². The first kappa shape index (κ1) is 20.4. The number of nitrogens with one attached hydrogen (secondary N) is 2. The largest absolute Gasteiger partial charge is 0.355 e. The molecule has 4 aromatic rings. The number of fused-ring (bicyclic) bond motifs is 2. The highest BCUT2D eigenvalue weighted by Crippen LogP contribution is 2.31. The summed E-state index contributed by atoms with van der Waals surface area (Å²) < 4.78 is 1.16. The molecule has 1 fully saturated rings. The highest BCUT2D eigenvalue weighted by molar-refractivity contribution is 7.16. The van der Waals surface area contributed by atoms with Crippen LogP contribution in [0.5, 0.6) is 0 Å². The van der Waals surface area contributed by atoms with Gasteiger partial charge in [-0.1, -0.05) is 6.08 Å². The quantitative estimate of drug-likeness (QED) is 0.456. The number of aromatic nitrogens is 3. The van der Waals surface area contributed by atoms with Crippen LogP contribution < -0.4 is 5.32 Å². The minimum Gasteiger partial charge on any atom is -0.355 e. The number of pyridine rings is 1. The lowest BCUT2D eigenvalue weighted by atomic mass is 10.0. The second-order valence-electron chi connectivity index (χ2n) is 8.77. The molecule has 8 heteroatoms. The van der Waals surface area contributed by atoms with Crippen molar-refractivity contribution >= 4 is 55.4 Å². The number of likely N-dealkylation sites (tertiary alicyclic amines) is 1. The molecule has 0 aliphatic carbocycles. The number of rotatable bonds is 5. The number of thiazole rings is 1. The van der Waals surface area contributed by atoms with Crippen molar-refractivity contribution < 1.29 is 4.79 Å². The third-order valence-electron chi connectivity index (χ3n) is 6.61. The molecular weight excluding hydrogens is 432 g/mol. The highest BCUT2D eigenvalue weighted by Gasteiger charge is 2.22. The number of anilines is 2. The van der Waals surface area contributed by atoms with Gasteiger partial charge in [0.25, 0.3) is 0 Å². The summed E-state index contributed by atoms with van der Waals surface area (Å²) in [6, 6.07) is 10.4. The molecule has 6 rings (SSSR count). The average Bonchev–Trinajstić information content (AvgIpc) is 3.60. The first-order chi connectivity index (χ1) is 16.2. The number of nitrogens with zero attached hydrogens (tertiary/aromatic N) is 4. The zero-order chi connectivity index (χ0) is 22.2. The first-order valence-electron chi connectivity index (χ1n) is 11.5. The molecule has 168 valence electrons. The number of carbonyl (C=O) groups is 1. The first-order valence-corrected chi connectivity index (χ1v) is 12.4. The average molecular weight is 459 g/mol. The Morgan fingerprint density at radius 2 is 2.03 bits per heavy atom. The standard InChI is InChI=1S/C25H26N6OS/c32-24(15-30-9-1-2-10-30)31-11-6-17(7-12-31)22-14-19-20(5-8-26-25(19)29-22)28-18-3-4-21-23(13-18)33-16-27-21/h3-6,8,13-14,16H,1-2,7,9-12,15H2,(H2,26,28,29). The molecule has 1 saturated heterocycles. The molecule has 2 N–H and O–H groups in total. The van der Waals surface area contributed by atoms with Gasteiger partial charge in [0.15, 0.2) is 0 Å². The van der Waals surface area contributed by atoms with Gasteiger partial charge in [-0.2, -0.15) is 0 Å². The Morgan fingerprint density at radius 3 is 2.88 bits per heavy atom. The molecule has 1 aromatic carbocycles. The third kappa shape index (κ3) is 4.12. The van der Waals surface area contributed by atoms with E-state index in [4.69, 9.17) is 0 Å². The number of carbonyl (C=O) groups excluding carboxylic acids is 1. The van der Waals surface area contributed by atoms with Gasteiger partial charge in [-0.05, 0) is 68.3 Å². The van der Waals surface area contributed by atoms with Crippen LogP contribution >= 0.6 is 11.3 Å². The van der Waals surface area contributed by atoms with Crippen LogP contribution in [-0.2, 0) is 4.79 Å². The van der Waals surface area contributed by atoms with Crippen molar-refractivity contribution in [1.82, 2.24) is 24.8 Å². The van der Waals surface area contributed by atoms with Gasteiger partial charge in [-0.25, -0.2) is 9.97 Å². The van der Waals surface area contributed by atoms with Crippen LogP contribution in [-0.4, -0.2) is 63.4 Å². The van der Waals surface area contributed by atoms with E-state index in [0.29, 0.717) is 13.1 Å². The van der Waals surface area contributed by atoms with E-state index in [9.17, 15) is 4.79 Å². The Morgan fingerprint density at radius 1 is 1.12 bits per heavy atom. The van der Waals surface area contributed by atoms with E-state index < -0.39 is 0 Å². The van der Waals surface area contributed by atoms with Crippen molar-refractivity contribution in [2.24, 2.45) is 0 Å². The summed E-state index contributed by atoms with van der Waals surface area (Å²) in [6.07, 6.45) is 7.28. The maximum absolute atomic E-state index is 12.6. The molecule has 0 radical (unpaired) electrons. The minimum atomic E-state index is 0.245. The lowest BCUT2D eigenvalue weighted by Gasteiger charge is -2.28. The smallest absolute Gasteiger partial charge is 0.237 e. The molecule has 3 aromatic heterocycles. The van der Waals surface area contributed by atoms with Crippen molar-refractivity contribution in [3.05, 3.63) is 53.8 Å². The van der Waals surface area contributed by atoms with Crippen molar-refractivity contribution in [3.8, 4) is 0 Å². The van der Waals surface area contributed by atoms with Gasteiger partial charge < -0.3 is 15.2 Å². The molecule has 5 heterocycles.